The molecule has 5 heteroatoms. The van der Waals surface area contributed by atoms with Crippen molar-refractivity contribution < 1.29 is 5.11 Å². The Balaban J connectivity index is 1.65. The van der Waals surface area contributed by atoms with Gasteiger partial charge in [-0.1, -0.05) is 24.3 Å². The smallest absolute Gasteiger partial charge is 0.107 e. The Labute approximate surface area is 146 Å². The molecule has 124 valence electrons. The first-order valence-electron chi connectivity index (χ1n) is 8.38. The highest BCUT2D eigenvalue weighted by molar-refractivity contribution is 7.13. The summed E-state index contributed by atoms with van der Waals surface area (Å²) in [5.74, 6) is 0. The summed E-state index contributed by atoms with van der Waals surface area (Å²) in [4.78, 5) is 3.62. The molecular formula is C19H21N3OS. The molecule has 1 saturated heterocycles. The molecule has 0 amide bonds. The fourth-order valence-corrected chi connectivity index (χ4v) is 3.92. The predicted molar refractivity (Wildman–Crippen MR) is 97.4 cm³/mol. The lowest BCUT2D eigenvalue weighted by Crippen LogP contribution is -2.35. The third-order valence-electron chi connectivity index (χ3n) is 4.52. The molecule has 0 spiro atoms. The number of benzene rings is 1. The van der Waals surface area contributed by atoms with Gasteiger partial charge in [0.2, 0.25) is 0 Å². The summed E-state index contributed by atoms with van der Waals surface area (Å²) in [6.07, 6.45) is 3.74. The van der Waals surface area contributed by atoms with E-state index in [0.717, 1.165) is 43.9 Å². The Kier molecular flexibility index (Phi) is 4.47. The van der Waals surface area contributed by atoms with Crippen molar-refractivity contribution in [3.8, 4) is 16.3 Å². The maximum atomic E-state index is 9.71. The van der Waals surface area contributed by atoms with Gasteiger partial charge in [0.1, 0.15) is 5.69 Å². The van der Waals surface area contributed by atoms with Gasteiger partial charge < -0.3 is 5.11 Å². The fraction of sp³-hybridized carbons (Fsp3) is 0.316. The lowest BCUT2D eigenvalue weighted by Gasteiger charge is -2.29. The van der Waals surface area contributed by atoms with Crippen LogP contribution in [-0.2, 0) is 6.54 Å². The first-order chi connectivity index (χ1) is 11.8. The molecule has 0 aliphatic carbocycles. The average Bonchev–Trinajstić information content (AvgIpc) is 3.27. The molecule has 24 heavy (non-hydrogen) atoms. The van der Waals surface area contributed by atoms with Gasteiger partial charge in [-0.25, -0.2) is 4.68 Å². The first-order valence-corrected chi connectivity index (χ1v) is 9.26. The highest BCUT2D eigenvalue weighted by Gasteiger charge is 2.20. The van der Waals surface area contributed by atoms with E-state index in [4.69, 9.17) is 5.10 Å². The van der Waals surface area contributed by atoms with E-state index in [0.29, 0.717) is 0 Å². The van der Waals surface area contributed by atoms with Gasteiger partial charge in [0, 0.05) is 31.4 Å². The zero-order chi connectivity index (χ0) is 16.4. The zero-order valence-corrected chi connectivity index (χ0v) is 14.3. The number of hydrogen-bond acceptors (Lipinski definition) is 4. The number of para-hydroxylation sites is 1. The van der Waals surface area contributed by atoms with E-state index in [1.165, 1.54) is 10.4 Å². The fourth-order valence-electron chi connectivity index (χ4n) is 3.18. The number of piperidine rings is 1. The van der Waals surface area contributed by atoms with Crippen LogP contribution in [0.4, 0.5) is 0 Å². The van der Waals surface area contributed by atoms with Crippen LogP contribution >= 0.6 is 11.3 Å². The van der Waals surface area contributed by atoms with Crippen LogP contribution < -0.4 is 0 Å². The van der Waals surface area contributed by atoms with Crippen LogP contribution in [0.2, 0.25) is 0 Å². The minimum absolute atomic E-state index is 0.134. The van der Waals surface area contributed by atoms with E-state index in [1.54, 1.807) is 11.3 Å². The van der Waals surface area contributed by atoms with Crippen LogP contribution in [0, 0.1) is 0 Å². The van der Waals surface area contributed by atoms with Crippen molar-refractivity contribution >= 4 is 11.3 Å². The molecule has 1 fully saturated rings. The van der Waals surface area contributed by atoms with Gasteiger partial charge in [-0.05, 0) is 36.4 Å². The van der Waals surface area contributed by atoms with E-state index in [2.05, 4.69) is 40.7 Å². The molecule has 0 radical (unpaired) electrons. The summed E-state index contributed by atoms with van der Waals surface area (Å²) in [6, 6.07) is 14.4. The second kappa shape index (κ2) is 6.89. The third kappa shape index (κ3) is 3.29. The molecular weight excluding hydrogens is 318 g/mol. The lowest BCUT2D eigenvalue weighted by molar-refractivity contribution is 0.0793. The molecule has 1 aromatic carbocycles. The summed E-state index contributed by atoms with van der Waals surface area (Å²) >= 11 is 1.73. The predicted octanol–water partition coefficient (Wildman–Crippen LogP) is 3.56. The van der Waals surface area contributed by atoms with Gasteiger partial charge in [0.15, 0.2) is 0 Å². The number of thiophene rings is 1. The highest BCUT2D eigenvalue weighted by Crippen LogP contribution is 2.29. The van der Waals surface area contributed by atoms with Crippen LogP contribution in [-0.4, -0.2) is 39.0 Å². The van der Waals surface area contributed by atoms with E-state index < -0.39 is 0 Å². The number of rotatable bonds is 4. The van der Waals surface area contributed by atoms with Gasteiger partial charge in [-0.3, -0.25) is 4.90 Å². The van der Waals surface area contributed by atoms with Crippen LogP contribution in [0.25, 0.3) is 16.3 Å². The Bertz CT molecular complexity index is 774. The summed E-state index contributed by atoms with van der Waals surface area (Å²) in [5, 5.41) is 16.7. The van der Waals surface area contributed by atoms with Crippen LogP contribution in [0.15, 0.2) is 54.0 Å². The van der Waals surface area contributed by atoms with Crippen molar-refractivity contribution in [1.82, 2.24) is 14.7 Å². The summed E-state index contributed by atoms with van der Waals surface area (Å²) in [5.41, 5.74) is 3.40. The number of likely N-dealkylation sites (tertiary alicyclic amines) is 1. The molecule has 3 aromatic rings. The number of nitrogens with zero attached hydrogens (tertiary/aromatic N) is 3. The molecule has 0 unspecified atom stereocenters. The maximum Gasteiger partial charge on any atom is 0.107 e. The standard InChI is InChI=1S/C19H21N3OS/c23-17-8-10-21(11-9-17)13-15-14-22(16-5-2-1-3-6-16)20-19(15)18-7-4-12-24-18/h1-7,12,14,17,23H,8-11,13H2. The van der Waals surface area contributed by atoms with Crippen molar-refractivity contribution in [2.75, 3.05) is 13.1 Å². The number of aliphatic hydroxyl groups excluding tert-OH is 1. The van der Waals surface area contributed by atoms with Gasteiger partial charge in [0.05, 0.1) is 16.7 Å². The Morgan fingerprint density at radius 1 is 1.08 bits per heavy atom. The first kappa shape index (κ1) is 15.6. The molecule has 1 N–H and O–H groups in total. The quantitative estimate of drug-likeness (QED) is 0.790. The van der Waals surface area contributed by atoms with Crippen molar-refractivity contribution in [2.45, 2.75) is 25.5 Å². The summed E-state index contributed by atoms with van der Waals surface area (Å²) < 4.78 is 1.98. The lowest BCUT2D eigenvalue weighted by atomic mass is 10.1. The number of aromatic nitrogens is 2. The SMILES string of the molecule is OC1CCN(Cc2cn(-c3ccccc3)nc2-c2cccs2)CC1. The minimum Gasteiger partial charge on any atom is -0.393 e. The minimum atomic E-state index is -0.134. The molecule has 4 nitrogen and oxygen atoms in total. The molecule has 0 bridgehead atoms. The molecule has 0 atom stereocenters. The van der Waals surface area contributed by atoms with Gasteiger partial charge >= 0.3 is 0 Å². The van der Waals surface area contributed by atoms with Crippen molar-refractivity contribution in [3.05, 3.63) is 59.6 Å². The number of hydrogen-bond donors (Lipinski definition) is 1. The van der Waals surface area contributed by atoms with Gasteiger partial charge in [0.25, 0.3) is 0 Å². The van der Waals surface area contributed by atoms with Gasteiger partial charge in [-0.2, -0.15) is 5.10 Å². The molecule has 1 aliphatic rings. The van der Waals surface area contributed by atoms with E-state index in [1.807, 2.05) is 22.9 Å². The van der Waals surface area contributed by atoms with Gasteiger partial charge in [-0.15, -0.1) is 11.3 Å². The summed E-state index contributed by atoms with van der Waals surface area (Å²) in [6.45, 7) is 2.77. The Morgan fingerprint density at radius 3 is 2.58 bits per heavy atom. The van der Waals surface area contributed by atoms with Crippen LogP contribution in [0.1, 0.15) is 18.4 Å². The Morgan fingerprint density at radius 2 is 1.88 bits per heavy atom. The molecule has 1 aliphatic heterocycles. The molecule has 0 saturated carbocycles. The van der Waals surface area contributed by atoms with Crippen LogP contribution in [0.3, 0.4) is 0 Å². The monoisotopic (exact) mass is 339 g/mol. The van der Waals surface area contributed by atoms with E-state index >= 15 is 0 Å². The summed E-state index contributed by atoms with van der Waals surface area (Å²) in [7, 11) is 0. The zero-order valence-electron chi connectivity index (χ0n) is 13.5. The third-order valence-corrected chi connectivity index (χ3v) is 5.39. The van der Waals surface area contributed by atoms with Crippen molar-refractivity contribution in [1.29, 1.82) is 0 Å². The average molecular weight is 339 g/mol. The second-order valence-electron chi connectivity index (χ2n) is 6.27. The molecule has 4 rings (SSSR count). The highest BCUT2D eigenvalue weighted by atomic mass is 32.1. The normalized spacial score (nSPS) is 16.5. The van der Waals surface area contributed by atoms with E-state index in [9.17, 15) is 5.11 Å². The van der Waals surface area contributed by atoms with Crippen molar-refractivity contribution in [3.63, 3.8) is 0 Å². The number of aliphatic hydroxyl groups is 1. The topological polar surface area (TPSA) is 41.3 Å². The van der Waals surface area contributed by atoms with E-state index in [-0.39, 0.29) is 6.10 Å². The van der Waals surface area contributed by atoms with Crippen molar-refractivity contribution in [2.24, 2.45) is 0 Å². The van der Waals surface area contributed by atoms with Crippen LogP contribution in [0.5, 0.6) is 0 Å². The molecule has 2 aromatic heterocycles. The Hall–Kier alpha value is -1.95. The second-order valence-corrected chi connectivity index (χ2v) is 7.22. The maximum absolute atomic E-state index is 9.71. The largest absolute Gasteiger partial charge is 0.393 e. The molecule has 3 heterocycles.